The maximum absolute atomic E-state index is 13.3. The number of anilines is 1. The summed E-state index contributed by atoms with van der Waals surface area (Å²) >= 11 is 5.89. The first-order valence-corrected chi connectivity index (χ1v) is 10.9. The molecule has 4 aromatic rings. The Kier molecular flexibility index (Phi) is 6.75. The zero-order chi connectivity index (χ0) is 24.2. The Morgan fingerprint density at radius 3 is 2.41 bits per heavy atom. The molecular formula is C26H20ClFN2O4. The number of aromatic nitrogens is 1. The minimum absolute atomic E-state index is 0.132. The maximum atomic E-state index is 13.3. The molecule has 0 spiro atoms. The molecule has 1 heterocycles. The lowest BCUT2D eigenvalue weighted by molar-refractivity contribution is -0.116. The lowest BCUT2D eigenvalue weighted by Gasteiger charge is -2.14. The van der Waals surface area contributed by atoms with E-state index in [0.29, 0.717) is 28.6 Å². The summed E-state index contributed by atoms with van der Waals surface area (Å²) in [6.45, 7) is 2.06. The minimum atomic E-state index is -0.569. The molecule has 0 unspecified atom stereocenters. The van der Waals surface area contributed by atoms with E-state index in [4.69, 9.17) is 16.3 Å². The summed E-state index contributed by atoms with van der Waals surface area (Å²) in [5.74, 6) is -0.953. The highest BCUT2D eigenvalue weighted by atomic mass is 35.5. The van der Waals surface area contributed by atoms with Gasteiger partial charge in [0, 0.05) is 22.5 Å². The van der Waals surface area contributed by atoms with Crippen molar-refractivity contribution in [2.24, 2.45) is 0 Å². The molecule has 0 saturated carbocycles. The van der Waals surface area contributed by atoms with E-state index in [1.54, 1.807) is 42.5 Å². The summed E-state index contributed by atoms with van der Waals surface area (Å²) in [7, 11) is 0. The number of rotatable bonds is 7. The van der Waals surface area contributed by atoms with Gasteiger partial charge in [0.1, 0.15) is 18.1 Å². The zero-order valence-corrected chi connectivity index (χ0v) is 18.9. The van der Waals surface area contributed by atoms with Crippen LogP contribution < -0.4 is 15.5 Å². The fourth-order valence-electron chi connectivity index (χ4n) is 3.57. The molecule has 8 heteroatoms. The summed E-state index contributed by atoms with van der Waals surface area (Å²) in [6.07, 6.45) is 1.36. The van der Waals surface area contributed by atoms with Crippen LogP contribution in [0.5, 0.6) is 5.75 Å². The average molecular weight is 479 g/mol. The molecule has 0 aliphatic heterocycles. The number of carbonyl (C=O) groups is 2. The first-order chi connectivity index (χ1) is 16.4. The van der Waals surface area contributed by atoms with Crippen molar-refractivity contribution in [1.82, 2.24) is 4.57 Å². The van der Waals surface area contributed by atoms with Crippen LogP contribution in [0.2, 0.25) is 5.02 Å². The Hall–Kier alpha value is -3.97. The van der Waals surface area contributed by atoms with Crippen LogP contribution in [0.1, 0.15) is 22.8 Å². The lowest BCUT2D eigenvalue weighted by Crippen LogP contribution is -2.24. The Morgan fingerprint density at radius 2 is 1.74 bits per heavy atom. The van der Waals surface area contributed by atoms with Crippen molar-refractivity contribution >= 4 is 39.9 Å². The standard InChI is InChI=1S/C26H20ClFN2O4/c1-2-34-20-11-12-23-21(13-20)26(33)22(25(32)16-3-7-18(28)8-4-16)14-30(23)15-24(31)29-19-9-5-17(27)6-10-19/h3-14H,2,15H2,1H3,(H,29,31). The summed E-state index contributed by atoms with van der Waals surface area (Å²) < 4.78 is 20.4. The summed E-state index contributed by atoms with van der Waals surface area (Å²) in [5, 5.41) is 3.54. The molecule has 1 N–H and O–H groups in total. The topological polar surface area (TPSA) is 77.4 Å². The number of benzene rings is 3. The van der Waals surface area contributed by atoms with Crippen molar-refractivity contribution in [3.63, 3.8) is 0 Å². The fourth-order valence-corrected chi connectivity index (χ4v) is 3.70. The molecule has 0 saturated heterocycles. The van der Waals surface area contributed by atoms with E-state index in [9.17, 15) is 18.8 Å². The third kappa shape index (κ3) is 5.00. The molecule has 1 aromatic heterocycles. The number of fused-ring (bicyclic) bond motifs is 1. The van der Waals surface area contributed by atoms with Crippen LogP contribution in [0, 0.1) is 5.82 Å². The van der Waals surface area contributed by atoms with Gasteiger partial charge in [-0.15, -0.1) is 0 Å². The van der Waals surface area contributed by atoms with Gasteiger partial charge in [0.05, 0.1) is 23.1 Å². The van der Waals surface area contributed by atoms with E-state index >= 15 is 0 Å². The molecule has 0 bridgehead atoms. The van der Waals surface area contributed by atoms with E-state index in [2.05, 4.69) is 5.32 Å². The van der Waals surface area contributed by atoms with Gasteiger partial charge in [-0.1, -0.05) is 11.6 Å². The van der Waals surface area contributed by atoms with E-state index < -0.39 is 17.0 Å². The molecule has 0 aliphatic carbocycles. The average Bonchev–Trinajstić information content (AvgIpc) is 2.82. The Labute approximate surface area is 199 Å². The number of pyridine rings is 1. The van der Waals surface area contributed by atoms with Crippen LogP contribution >= 0.6 is 11.6 Å². The predicted octanol–water partition coefficient (Wildman–Crippen LogP) is 5.06. The number of nitrogens with one attached hydrogen (secondary N) is 1. The van der Waals surface area contributed by atoms with Gasteiger partial charge in [0.2, 0.25) is 11.3 Å². The maximum Gasteiger partial charge on any atom is 0.244 e. The number of carbonyl (C=O) groups excluding carboxylic acids is 2. The molecule has 3 aromatic carbocycles. The molecule has 0 aliphatic rings. The van der Waals surface area contributed by atoms with Crippen LogP contribution in [0.4, 0.5) is 10.1 Å². The molecule has 172 valence electrons. The Bertz CT molecular complexity index is 1430. The third-order valence-corrected chi connectivity index (χ3v) is 5.41. The van der Waals surface area contributed by atoms with E-state index in [-0.39, 0.29) is 29.0 Å². The number of halogens is 2. The van der Waals surface area contributed by atoms with Gasteiger partial charge in [0.15, 0.2) is 5.78 Å². The lowest BCUT2D eigenvalue weighted by atomic mass is 10.0. The van der Waals surface area contributed by atoms with Crippen LogP contribution in [0.25, 0.3) is 10.9 Å². The van der Waals surface area contributed by atoms with Gasteiger partial charge in [0.25, 0.3) is 0 Å². The zero-order valence-electron chi connectivity index (χ0n) is 18.2. The van der Waals surface area contributed by atoms with Gasteiger partial charge in [-0.05, 0) is 73.7 Å². The number of hydrogen-bond acceptors (Lipinski definition) is 4. The highest BCUT2D eigenvalue weighted by Crippen LogP contribution is 2.21. The number of ether oxygens (including phenoxy) is 1. The Balaban J connectivity index is 1.77. The number of nitrogens with zero attached hydrogens (tertiary/aromatic N) is 1. The van der Waals surface area contributed by atoms with Crippen LogP contribution in [0.3, 0.4) is 0 Å². The molecular weight excluding hydrogens is 459 g/mol. The van der Waals surface area contributed by atoms with E-state index in [1.807, 2.05) is 6.92 Å². The van der Waals surface area contributed by atoms with Crippen molar-refractivity contribution in [2.75, 3.05) is 11.9 Å². The van der Waals surface area contributed by atoms with E-state index in [1.165, 1.54) is 22.9 Å². The molecule has 1 amide bonds. The second-order valence-corrected chi connectivity index (χ2v) is 7.94. The molecule has 0 atom stereocenters. The summed E-state index contributed by atoms with van der Waals surface area (Å²) in [5.41, 5.74) is 0.555. The number of ketones is 1. The van der Waals surface area contributed by atoms with Crippen LogP contribution in [-0.2, 0) is 11.3 Å². The molecule has 0 radical (unpaired) electrons. The number of hydrogen-bond donors (Lipinski definition) is 1. The van der Waals surface area contributed by atoms with Crippen molar-refractivity contribution in [2.45, 2.75) is 13.5 Å². The van der Waals surface area contributed by atoms with Crippen LogP contribution in [-0.4, -0.2) is 22.9 Å². The van der Waals surface area contributed by atoms with Gasteiger partial charge >= 0.3 is 0 Å². The van der Waals surface area contributed by atoms with Crippen molar-refractivity contribution < 1.29 is 18.7 Å². The second kappa shape index (κ2) is 9.89. The summed E-state index contributed by atoms with van der Waals surface area (Å²) in [4.78, 5) is 39.1. The van der Waals surface area contributed by atoms with Gasteiger partial charge in [-0.25, -0.2) is 4.39 Å². The number of amides is 1. The van der Waals surface area contributed by atoms with E-state index in [0.717, 1.165) is 12.1 Å². The van der Waals surface area contributed by atoms with Gasteiger partial charge < -0.3 is 14.6 Å². The quantitative estimate of drug-likeness (QED) is 0.376. The van der Waals surface area contributed by atoms with Crippen molar-refractivity contribution in [3.8, 4) is 5.75 Å². The molecule has 0 fully saturated rings. The van der Waals surface area contributed by atoms with Crippen molar-refractivity contribution in [3.05, 3.63) is 105 Å². The largest absolute Gasteiger partial charge is 0.494 e. The molecule has 34 heavy (non-hydrogen) atoms. The SMILES string of the molecule is CCOc1ccc2c(c1)c(=O)c(C(=O)c1ccc(F)cc1)cn2CC(=O)Nc1ccc(Cl)cc1. The molecule has 6 nitrogen and oxygen atoms in total. The summed E-state index contributed by atoms with van der Waals surface area (Å²) in [6, 6.07) is 16.5. The highest BCUT2D eigenvalue weighted by molar-refractivity contribution is 6.30. The smallest absolute Gasteiger partial charge is 0.244 e. The first kappa shape index (κ1) is 23.2. The van der Waals surface area contributed by atoms with Gasteiger partial charge in [-0.3, -0.25) is 14.4 Å². The highest BCUT2D eigenvalue weighted by Gasteiger charge is 2.19. The van der Waals surface area contributed by atoms with Crippen LogP contribution in [0.15, 0.2) is 77.7 Å². The fraction of sp³-hybridized carbons (Fsp3) is 0.115. The first-order valence-electron chi connectivity index (χ1n) is 10.5. The predicted molar refractivity (Wildman–Crippen MR) is 129 cm³/mol. The minimum Gasteiger partial charge on any atom is -0.494 e. The third-order valence-electron chi connectivity index (χ3n) is 5.16. The Morgan fingerprint density at radius 1 is 1.03 bits per heavy atom. The molecule has 4 rings (SSSR count). The second-order valence-electron chi connectivity index (χ2n) is 7.50. The monoisotopic (exact) mass is 478 g/mol. The normalized spacial score (nSPS) is 10.8. The van der Waals surface area contributed by atoms with Gasteiger partial charge in [-0.2, -0.15) is 0 Å². The van der Waals surface area contributed by atoms with Crippen molar-refractivity contribution in [1.29, 1.82) is 0 Å².